The Hall–Kier alpha value is -2.05. The predicted octanol–water partition coefficient (Wildman–Crippen LogP) is 4.08. The highest BCUT2D eigenvalue weighted by molar-refractivity contribution is 7.86. The van der Waals surface area contributed by atoms with Crippen molar-refractivity contribution in [2.75, 3.05) is 13.7 Å². The summed E-state index contributed by atoms with van der Waals surface area (Å²) in [5, 5.41) is 0. The molecule has 1 saturated carbocycles. The molecule has 1 fully saturated rings. The van der Waals surface area contributed by atoms with Gasteiger partial charge in [-0.3, -0.25) is 4.18 Å². The van der Waals surface area contributed by atoms with E-state index in [0.29, 0.717) is 18.3 Å². The van der Waals surface area contributed by atoms with E-state index in [-0.39, 0.29) is 17.6 Å². The minimum atomic E-state index is -3.79. The van der Waals surface area contributed by atoms with Gasteiger partial charge in [-0.05, 0) is 56.2 Å². The van der Waals surface area contributed by atoms with Crippen LogP contribution in [0.1, 0.15) is 53.4 Å². The standard InChI is InChI=1S/C22H24O5S/c1-13-3-7-18(8-4-13)28(23,24)26-12-17-10-16-11-19(25-2)20-14-5-6-15(9-14)21(20)22(16)27-17/h3-4,7-8,11,14-15,17H,5-6,9-10,12H2,1-2H3/t14-,15+,17-/m1/s1. The number of rotatable bonds is 5. The van der Waals surface area contributed by atoms with E-state index in [0.717, 1.165) is 22.6 Å². The molecule has 2 aromatic carbocycles. The van der Waals surface area contributed by atoms with Crippen LogP contribution in [-0.2, 0) is 20.7 Å². The second kappa shape index (κ2) is 6.49. The van der Waals surface area contributed by atoms with Crippen LogP contribution in [0.15, 0.2) is 35.2 Å². The SMILES string of the molecule is COc1cc2c(c3c1[C@@H]1CC[C@H]3C1)O[C@@H](COS(=O)(=O)c1ccc(C)cc1)C2. The van der Waals surface area contributed by atoms with Gasteiger partial charge in [0.2, 0.25) is 0 Å². The number of methoxy groups -OCH3 is 1. The van der Waals surface area contributed by atoms with Crippen LogP contribution in [-0.4, -0.2) is 28.2 Å². The fourth-order valence-corrected chi connectivity index (χ4v) is 5.94. The van der Waals surface area contributed by atoms with Gasteiger partial charge in [-0.25, -0.2) is 0 Å². The van der Waals surface area contributed by atoms with Crippen molar-refractivity contribution in [3.63, 3.8) is 0 Å². The number of benzene rings is 2. The topological polar surface area (TPSA) is 61.8 Å². The second-order valence-electron chi connectivity index (χ2n) is 8.10. The quantitative estimate of drug-likeness (QED) is 0.708. The molecule has 0 saturated heterocycles. The summed E-state index contributed by atoms with van der Waals surface area (Å²) in [6, 6.07) is 8.75. The number of hydrogen-bond donors (Lipinski definition) is 0. The fourth-order valence-electron chi connectivity index (χ4n) is 5.01. The monoisotopic (exact) mass is 400 g/mol. The van der Waals surface area contributed by atoms with Crippen LogP contribution >= 0.6 is 0 Å². The van der Waals surface area contributed by atoms with Crippen molar-refractivity contribution in [2.45, 2.75) is 55.4 Å². The summed E-state index contributed by atoms with van der Waals surface area (Å²) in [6.45, 7) is 1.93. The molecule has 0 unspecified atom stereocenters. The van der Waals surface area contributed by atoms with Crippen LogP contribution in [0.2, 0.25) is 0 Å². The highest BCUT2D eigenvalue weighted by Gasteiger charge is 2.44. The summed E-state index contributed by atoms with van der Waals surface area (Å²) < 4.78 is 42.1. The molecule has 2 aliphatic carbocycles. The van der Waals surface area contributed by atoms with Crippen molar-refractivity contribution in [1.29, 1.82) is 0 Å². The molecule has 3 atom stereocenters. The minimum Gasteiger partial charge on any atom is -0.496 e. The van der Waals surface area contributed by atoms with Gasteiger partial charge in [0.15, 0.2) is 0 Å². The molecule has 0 N–H and O–H groups in total. The van der Waals surface area contributed by atoms with Gasteiger partial charge in [0.1, 0.15) is 24.2 Å². The largest absolute Gasteiger partial charge is 0.496 e. The fraction of sp³-hybridized carbons (Fsp3) is 0.455. The lowest BCUT2D eigenvalue weighted by atomic mass is 9.88. The molecule has 0 aromatic heterocycles. The van der Waals surface area contributed by atoms with Crippen LogP contribution in [0.5, 0.6) is 11.5 Å². The summed E-state index contributed by atoms with van der Waals surface area (Å²) in [7, 11) is -2.07. The number of fused-ring (bicyclic) bond motifs is 7. The van der Waals surface area contributed by atoms with Crippen molar-refractivity contribution in [3.8, 4) is 11.5 Å². The Labute approximate surface area is 165 Å². The molecule has 6 heteroatoms. The zero-order chi connectivity index (χ0) is 19.5. The molecule has 0 spiro atoms. The number of hydrogen-bond acceptors (Lipinski definition) is 5. The maximum Gasteiger partial charge on any atom is 0.297 e. The Balaban J connectivity index is 1.35. The smallest absolute Gasteiger partial charge is 0.297 e. The first-order chi connectivity index (χ1) is 13.5. The van der Waals surface area contributed by atoms with Crippen LogP contribution in [0.25, 0.3) is 0 Å². The third-order valence-electron chi connectivity index (χ3n) is 6.32. The molecule has 1 heterocycles. The Morgan fingerprint density at radius 2 is 1.82 bits per heavy atom. The van der Waals surface area contributed by atoms with E-state index in [1.54, 1.807) is 31.4 Å². The van der Waals surface area contributed by atoms with Gasteiger partial charge in [0.05, 0.1) is 12.0 Å². The molecular formula is C22H24O5S. The molecule has 2 bridgehead atoms. The molecule has 0 radical (unpaired) electrons. The van der Waals surface area contributed by atoms with Gasteiger partial charge in [0, 0.05) is 23.1 Å². The van der Waals surface area contributed by atoms with E-state index in [4.69, 9.17) is 13.7 Å². The Kier molecular flexibility index (Phi) is 4.18. The molecule has 5 nitrogen and oxygen atoms in total. The molecule has 2 aromatic rings. The van der Waals surface area contributed by atoms with E-state index in [9.17, 15) is 8.42 Å². The average Bonchev–Trinajstić information content (AvgIpc) is 3.40. The lowest BCUT2D eigenvalue weighted by Crippen LogP contribution is -2.23. The Morgan fingerprint density at radius 3 is 2.54 bits per heavy atom. The molecular weight excluding hydrogens is 376 g/mol. The van der Waals surface area contributed by atoms with Crippen molar-refractivity contribution in [2.24, 2.45) is 0 Å². The average molecular weight is 400 g/mol. The van der Waals surface area contributed by atoms with Crippen LogP contribution in [0.3, 0.4) is 0 Å². The van der Waals surface area contributed by atoms with E-state index in [2.05, 4.69) is 6.07 Å². The van der Waals surface area contributed by atoms with Crippen molar-refractivity contribution >= 4 is 10.1 Å². The summed E-state index contributed by atoms with van der Waals surface area (Å²) in [4.78, 5) is 0.175. The minimum absolute atomic E-state index is 0.00999. The molecule has 0 amide bonds. The van der Waals surface area contributed by atoms with Gasteiger partial charge in [0.25, 0.3) is 10.1 Å². The zero-order valence-corrected chi connectivity index (χ0v) is 16.9. The maximum absolute atomic E-state index is 12.5. The molecule has 5 rings (SSSR count). The highest BCUT2D eigenvalue weighted by atomic mass is 32.2. The van der Waals surface area contributed by atoms with Crippen molar-refractivity contribution in [1.82, 2.24) is 0 Å². The van der Waals surface area contributed by atoms with Gasteiger partial charge < -0.3 is 9.47 Å². The molecule has 148 valence electrons. The lowest BCUT2D eigenvalue weighted by molar-refractivity contribution is 0.151. The third kappa shape index (κ3) is 2.81. The van der Waals surface area contributed by atoms with Gasteiger partial charge in [-0.2, -0.15) is 8.42 Å². The van der Waals surface area contributed by atoms with Gasteiger partial charge >= 0.3 is 0 Å². The number of ether oxygens (including phenoxy) is 2. The van der Waals surface area contributed by atoms with Gasteiger partial charge in [-0.15, -0.1) is 0 Å². The normalized spacial score (nSPS) is 24.7. The summed E-state index contributed by atoms with van der Waals surface area (Å²) in [5.74, 6) is 3.02. The van der Waals surface area contributed by atoms with Crippen LogP contribution in [0, 0.1) is 6.92 Å². The van der Waals surface area contributed by atoms with E-state index in [1.165, 1.54) is 30.4 Å². The Morgan fingerprint density at radius 1 is 1.11 bits per heavy atom. The third-order valence-corrected chi connectivity index (χ3v) is 7.61. The molecule has 3 aliphatic rings. The summed E-state index contributed by atoms with van der Waals surface area (Å²) in [5.41, 5.74) is 4.72. The van der Waals surface area contributed by atoms with E-state index < -0.39 is 10.1 Å². The van der Waals surface area contributed by atoms with Crippen molar-refractivity contribution in [3.05, 3.63) is 52.6 Å². The van der Waals surface area contributed by atoms with E-state index >= 15 is 0 Å². The molecule has 28 heavy (non-hydrogen) atoms. The van der Waals surface area contributed by atoms with Gasteiger partial charge in [-0.1, -0.05) is 17.7 Å². The van der Waals surface area contributed by atoms with E-state index in [1.807, 2.05) is 6.92 Å². The first-order valence-electron chi connectivity index (χ1n) is 9.82. The maximum atomic E-state index is 12.5. The Bertz CT molecular complexity index is 1030. The number of aryl methyl sites for hydroxylation is 1. The summed E-state index contributed by atoms with van der Waals surface area (Å²) in [6.07, 6.45) is 3.93. The lowest BCUT2D eigenvalue weighted by Gasteiger charge is -2.21. The molecule has 1 aliphatic heterocycles. The first-order valence-corrected chi connectivity index (χ1v) is 11.2. The summed E-state index contributed by atoms with van der Waals surface area (Å²) >= 11 is 0. The van der Waals surface area contributed by atoms with Crippen LogP contribution < -0.4 is 9.47 Å². The zero-order valence-electron chi connectivity index (χ0n) is 16.1. The second-order valence-corrected chi connectivity index (χ2v) is 9.71. The highest BCUT2D eigenvalue weighted by Crippen LogP contribution is 2.60. The first kappa shape index (κ1) is 18.0. The van der Waals surface area contributed by atoms with Crippen molar-refractivity contribution < 1.29 is 22.1 Å². The predicted molar refractivity (Wildman–Crippen MR) is 105 cm³/mol. The van der Waals surface area contributed by atoms with Crippen LogP contribution in [0.4, 0.5) is 0 Å².